The SMILES string of the molecule is Brc1cccc(C2CCCCC2)c1.CC.CC.CO/C(C)=C/C=C(C)C. The summed E-state index contributed by atoms with van der Waals surface area (Å²) in [6.45, 7) is 14.0. The summed E-state index contributed by atoms with van der Waals surface area (Å²) in [6, 6.07) is 8.79. The lowest BCUT2D eigenvalue weighted by atomic mass is 9.84. The third kappa shape index (κ3) is 14.2. The van der Waals surface area contributed by atoms with Crippen LogP contribution in [0.25, 0.3) is 0 Å². The van der Waals surface area contributed by atoms with Crippen molar-refractivity contribution in [3.63, 3.8) is 0 Å². The summed E-state index contributed by atoms with van der Waals surface area (Å²) in [5, 5.41) is 0. The van der Waals surface area contributed by atoms with Crippen molar-refractivity contribution in [3.05, 3.63) is 57.8 Å². The molecule has 26 heavy (non-hydrogen) atoms. The van der Waals surface area contributed by atoms with Crippen molar-refractivity contribution in [2.45, 2.75) is 86.5 Å². The molecular formula is C24H41BrO. The second-order valence-corrected chi connectivity index (χ2v) is 7.03. The van der Waals surface area contributed by atoms with Crippen LogP contribution in [0.15, 0.2) is 52.2 Å². The Morgan fingerprint density at radius 2 is 1.54 bits per heavy atom. The van der Waals surface area contributed by atoms with Crippen LogP contribution < -0.4 is 0 Å². The Labute approximate surface area is 172 Å². The predicted octanol–water partition coefficient (Wildman–Crippen LogP) is 9.05. The Balaban J connectivity index is 0. The van der Waals surface area contributed by atoms with Gasteiger partial charge in [0.15, 0.2) is 0 Å². The Morgan fingerprint density at radius 3 is 2.00 bits per heavy atom. The van der Waals surface area contributed by atoms with Crippen molar-refractivity contribution in [2.75, 3.05) is 7.11 Å². The zero-order valence-electron chi connectivity index (χ0n) is 18.4. The molecule has 0 heterocycles. The number of rotatable bonds is 3. The molecule has 1 saturated carbocycles. The Morgan fingerprint density at radius 1 is 0.962 bits per heavy atom. The predicted molar refractivity (Wildman–Crippen MR) is 123 cm³/mol. The molecule has 0 radical (unpaired) electrons. The average Bonchev–Trinajstić information content (AvgIpc) is 2.70. The Bertz CT molecular complexity index is 493. The lowest BCUT2D eigenvalue weighted by Crippen LogP contribution is -2.03. The fourth-order valence-corrected chi connectivity index (χ4v) is 2.97. The van der Waals surface area contributed by atoms with Gasteiger partial charge in [-0.05, 0) is 63.3 Å². The highest BCUT2D eigenvalue weighted by molar-refractivity contribution is 9.10. The Hall–Kier alpha value is -1.02. The van der Waals surface area contributed by atoms with E-state index in [9.17, 15) is 0 Å². The van der Waals surface area contributed by atoms with Gasteiger partial charge in [0, 0.05) is 4.47 Å². The molecule has 0 saturated heterocycles. The fourth-order valence-electron chi connectivity index (χ4n) is 2.55. The van der Waals surface area contributed by atoms with E-state index < -0.39 is 0 Å². The normalized spacial score (nSPS) is 13.7. The minimum absolute atomic E-state index is 0.825. The molecule has 0 aromatic heterocycles. The molecule has 1 aliphatic carbocycles. The molecule has 0 atom stereocenters. The fraction of sp³-hybridized carbons (Fsp3) is 0.583. The molecule has 0 N–H and O–H groups in total. The van der Waals surface area contributed by atoms with Gasteiger partial charge < -0.3 is 4.74 Å². The van der Waals surface area contributed by atoms with Gasteiger partial charge in [0.05, 0.1) is 12.9 Å². The van der Waals surface area contributed by atoms with E-state index >= 15 is 0 Å². The van der Waals surface area contributed by atoms with Crippen molar-refractivity contribution < 1.29 is 4.74 Å². The summed E-state index contributed by atoms with van der Waals surface area (Å²) in [4.78, 5) is 0. The number of halogens is 1. The number of methoxy groups -OCH3 is 1. The first kappa shape index (κ1) is 27.2. The van der Waals surface area contributed by atoms with E-state index in [1.165, 1.54) is 47.7 Å². The number of ether oxygens (including phenoxy) is 1. The number of benzene rings is 1. The van der Waals surface area contributed by atoms with E-state index in [4.69, 9.17) is 4.74 Å². The summed E-state index contributed by atoms with van der Waals surface area (Å²) in [6.07, 6.45) is 11.0. The summed E-state index contributed by atoms with van der Waals surface area (Å²) < 4.78 is 6.14. The summed E-state index contributed by atoms with van der Waals surface area (Å²) >= 11 is 3.53. The summed E-state index contributed by atoms with van der Waals surface area (Å²) in [5.74, 6) is 1.77. The first-order chi connectivity index (χ1) is 12.5. The van der Waals surface area contributed by atoms with Crippen molar-refractivity contribution in [2.24, 2.45) is 0 Å². The molecule has 2 rings (SSSR count). The van der Waals surface area contributed by atoms with E-state index in [0.29, 0.717) is 0 Å². The van der Waals surface area contributed by atoms with Gasteiger partial charge in [-0.25, -0.2) is 0 Å². The van der Waals surface area contributed by atoms with Crippen LogP contribution >= 0.6 is 15.9 Å². The standard InChI is InChI=1S/C12H15Br.C8H14O.2C2H6/c13-12-8-4-7-11(9-12)10-5-2-1-3-6-10;1-7(2)5-6-8(3)9-4;2*1-2/h4,7-10H,1-3,5-6H2;5-6H,1-4H3;2*1-2H3/b;8-6+;;. The summed E-state index contributed by atoms with van der Waals surface area (Å²) in [7, 11) is 1.67. The van der Waals surface area contributed by atoms with E-state index in [-0.39, 0.29) is 0 Å². The number of allylic oxidation sites excluding steroid dienone is 4. The molecule has 2 heteroatoms. The van der Waals surface area contributed by atoms with Crippen LogP contribution in [-0.4, -0.2) is 7.11 Å². The van der Waals surface area contributed by atoms with Gasteiger partial charge in [-0.2, -0.15) is 0 Å². The van der Waals surface area contributed by atoms with E-state index in [1.54, 1.807) is 7.11 Å². The lowest BCUT2D eigenvalue weighted by molar-refractivity contribution is 0.294. The maximum Gasteiger partial charge on any atom is 0.0924 e. The van der Waals surface area contributed by atoms with Crippen LogP contribution in [0, 0.1) is 0 Å². The van der Waals surface area contributed by atoms with Crippen LogP contribution in [0.1, 0.15) is 92.1 Å². The van der Waals surface area contributed by atoms with Gasteiger partial charge in [-0.1, -0.05) is 86.7 Å². The Kier molecular flexibility index (Phi) is 19.6. The van der Waals surface area contributed by atoms with Gasteiger partial charge in [0.1, 0.15) is 0 Å². The van der Waals surface area contributed by atoms with E-state index in [1.807, 2.05) is 46.8 Å². The van der Waals surface area contributed by atoms with Crippen LogP contribution in [0.2, 0.25) is 0 Å². The second-order valence-electron chi connectivity index (χ2n) is 6.12. The van der Waals surface area contributed by atoms with E-state index in [0.717, 1.165) is 11.7 Å². The molecule has 1 aromatic rings. The maximum atomic E-state index is 4.92. The zero-order chi connectivity index (χ0) is 20.4. The van der Waals surface area contributed by atoms with Gasteiger partial charge in [-0.3, -0.25) is 0 Å². The minimum atomic E-state index is 0.825. The smallest absolute Gasteiger partial charge is 0.0924 e. The monoisotopic (exact) mass is 424 g/mol. The third-order valence-electron chi connectivity index (χ3n) is 3.90. The highest BCUT2D eigenvalue weighted by atomic mass is 79.9. The molecular weight excluding hydrogens is 384 g/mol. The van der Waals surface area contributed by atoms with Crippen molar-refractivity contribution in [1.29, 1.82) is 0 Å². The quantitative estimate of drug-likeness (QED) is 0.347. The first-order valence-corrected chi connectivity index (χ1v) is 10.9. The van der Waals surface area contributed by atoms with E-state index in [2.05, 4.69) is 54.0 Å². The molecule has 0 aliphatic heterocycles. The molecule has 1 aromatic carbocycles. The van der Waals surface area contributed by atoms with Crippen molar-refractivity contribution >= 4 is 15.9 Å². The molecule has 0 bridgehead atoms. The topological polar surface area (TPSA) is 9.23 Å². The van der Waals surface area contributed by atoms with Gasteiger partial charge >= 0.3 is 0 Å². The number of hydrogen-bond donors (Lipinski definition) is 0. The van der Waals surface area contributed by atoms with Crippen LogP contribution in [0.5, 0.6) is 0 Å². The summed E-state index contributed by atoms with van der Waals surface area (Å²) in [5.41, 5.74) is 2.81. The largest absolute Gasteiger partial charge is 0.501 e. The molecule has 1 nitrogen and oxygen atoms in total. The van der Waals surface area contributed by atoms with Crippen LogP contribution in [0.3, 0.4) is 0 Å². The lowest BCUT2D eigenvalue weighted by Gasteiger charge is -2.21. The van der Waals surface area contributed by atoms with Crippen LogP contribution in [0.4, 0.5) is 0 Å². The maximum absolute atomic E-state index is 4.92. The average molecular weight is 425 g/mol. The molecule has 150 valence electrons. The van der Waals surface area contributed by atoms with Crippen molar-refractivity contribution in [3.8, 4) is 0 Å². The van der Waals surface area contributed by atoms with Gasteiger partial charge in [-0.15, -0.1) is 0 Å². The number of hydrogen-bond acceptors (Lipinski definition) is 1. The van der Waals surface area contributed by atoms with Gasteiger partial charge in [0.25, 0.3) is 0 Å². The van der Waals surface area contributed by atoms with Gasteiger partial charge in [0.2, 0.25) is 0 Å². The second kappa shape index (κ2) is 18.8. The third-order valence-corrected chi connectivity index (χ3v) is 4.39. The molecule has 1 fully saturated rings. The molecule has 0 unspecified atom stereocenters. The minimum Gasteiger partial charge on any atom is -0.501 e. The molecule has 0 amide bonds. The van der Waals surface area contributed by atoms with Crippen molar-refractivity contribution in [1.82, 2.24) is 0 Å². The zero-order valence-corrected chi connectivity index (χ0v) is 19.9. The molecule has 0 spiro atoms. The highest BCUT2D eigenvalue weighted by Crippen LogP contribution is 2.33. The highest BCUT2D eigenvalue weighted by Gasteiger charge is 2.14. The molecule has 1 aliphatic rings. The first-order valence-electron chi connectivity index (χ1n) is 10.1. The van der Waals surface area contributed by atoms with Crippen LogP contribution in [-0.2, 0) is 4.74 Å².